The lowest BCUT2D eigenvalue weighted by atomic mass is 10.1. The highest BCUT2D eigenvalue weighted by Gasteiger charge is 2.25. The van der Waals surface area contributed by atoms with E-state index in [4.69, 9.17) is 32.1 Å². The maximum Gasteiger partial charge on any atom is 0.322 e. The second kappa shape index (κ2) is 33.6. The largest absolute Gasteiger partial charge is 0.494 e. The molecule has 0 fully saturated rings. The fourth-order valence-electron chi connectivity index (χ4n) is 5.83. The van der Waals surface area contributed by atoms with Crippen LogP contribution in [0.2, 0.25) is 0 Å². The number of nitrogens with zero attached hydrogens (tertiary/aromatic N) is 2. The maximum atomic E-state index is 12.4. The number of rotatable bonds is 31. The topological polar surface area (TPSA) is 355 Å². The molecule has 0 aliphatic carbocycles. The van der Waals surface area contributed by atoms with Crippen molar-refractivity contribution in [3.8, 4) is 11.5 Å². The Labute approximate surface area is 394 Å². The highest BCUT2D eigenvalue weighted by molar-refractivity contribution is 7.89. The van der Waals surface area contributed by atoms with E-state index in [2.05, 4.69) is 14.4 Å². The lowest BCUT2D eigenvalue weighted by Crippen LogP contribution is -2.43. The van der Waals surface area contributed by atoms with Crippen LogP contribution in [0.3, 0.4) is 0 Å². The van der Waals surface area contributed by atoms with Gasteiger partial charge in [-0.15, -0.1) is 0 Å². The van der Waals surface area contributed by atoms with E-state index < -0.39 is 49.1 Å². The molecule has 0 saturated carbocycles. The van der Waals surface area contributed by atoms with Crippen molar-refractivity contribution in [3.05, 3.63) is 106 Å². The number of benzene rings is 3. The summed E-state index contributed by atoms with van der Waals surface area (Å²) in [6, 6.07) is 20.3. The van der Waals surface area contributed by atoms with Crippen molar-refractivity contribution in [3.63, 3.8) is 0 Å². The number of hydrogen-bond acceptors (Lipinski definition) is 13. The van der Waals surface area contributed by atoms with E-state index in [1.165, 1.54) is 6.92 Å². The van der Waals surface area contributed by atoms with Crippen LogP contribution in [0.15, 0.2) is 83.9 Å². The number of hydrogen-bond donors (Lipinski definition) is 9. The van der Waals surface area contributed by atoms with Gasteiger partial charge in [-0.05, 0) is 106 Å². The van der Waals surface area contributed by atoms with Crippen LogP contribution in [0, 0.1) is 15.5 Å². The van der Waals surface area contributed by atoms with Gasteiger partial charge in [0.1, 0.15) is 23.6 Å². The fraction of sp³-hybridized carbons (Fsp3) is 0.500. The molecule has 2 atom stereocenters. The normalized spacial score (nSPS) is 11.9. The third-order valence-corrected chi connectivity index (χ3v) is 12.0. The van der Waals surface area contributed by atoms with Gasteiger partial charge in [-0.3, -0.25) is 20.0 Å². The first-order valence-electron chi connectivity index (χ1n) is 21.9. The molecule has 3 aromatic carbocycles. The molecule has 0 aromatic heterocycles. The molecule has 67 heavy (non-hydrogen) atoms. The summed E-state index contributed by atoms with van der Waals surface area (Å²) in [7, 11) is -7.41. The molecule has 0 spiro atoms. The van der Waals surface area contributed by atoms with Gasteiger partial charge in [0, 0.05) is 6.54 Å². The van der Waals surface area contributed by atoms with Crippen LogP contribution in [0.4, 0.5) is 0 Å². The lowest BCUT2D eigenvalue weighted by molar-refractivity contribution is -0.525. The fourth-order valence-corrected chi connectivity index (χ4v) is 8.56. The quantitative estimate of drug-likeness (QED) is 0.0144. The molecule has 0 bridgehead atoms. The smallest absolute Gasteiger partial charge is 0.322 e. The standard InChI is InChI=1S/C22H30N2O5S.C20H34N4O5S.C2H5N3O2/c23-14-6-1-2-7-15-29-20-12-10-18(11-13-20)16-21(22(25)26)24-30(27,28)17-19-8-4-3-5-9-19;1-2-3-14-30(27,28)24-18(19(25)26)15-16-8-10-17(11-9-16)29-13-7-5-4-6-12-23-20(21)22;1-2(3)4-5(6)7/h3-5,8-13,21,24H,1-2,6-7,14-17,23H2,(H,25,26);8-11,18,24H,2-7,12-15H2,1H3,(H,25,26)(H4,21,22,23);1H3,(H2,3,4). The van der Waals surface area contributed by atoms with Crippen LogP contribution in [0.25, 0.3) is 0 Å². The summed E-state index contributed by atoms with van der Waals surface area (Å²) in [4.78, 5) is 36.3. The Morgan fingerprint density at radius 2 is 1.18 bits per heavy atom. The zero-order chi connectivity index (χ0) is 50.1. The molecule has 23 heteroatoms. The maximum absolute atomic E-state index is 12.4. The summed E-state index contributed by atoms with van der Waals surface area (Å²) in [6.45, 7) is 5.71. The van der Waals surface area contributed by atoms with Crippen molar-refractivity contribution >= 4 is 43.8 Å². The van der Waals surface area contributed by atoms with Crippen molar-refractivity contribution in [2.45, 2.75) is 109 Å². The van der Waals surface area contributed by atoms with Gasteiger partial charge in [0.05, 0.1) is 24.7 Å². The number of nitro groups is 1. The number of carbonyl (C=O) groups is 2. The first-order valence-corrected chi connectivity index (χ1v) is 25.2. The molecule has 0 heterocycles. The second-order valence-electron chi connectivity index (χ2n) is 15.2. The number of aliphatic carboxylic acids is 2. The lowest BCUT2D eigenvalue weighted by Gasteiger charge is -2.15. The number of nitrogens with two attached hydrogens (primary N) is 3. The molecule has 0 saturated heterocycles. The van der Waals surface area contributed by atoms with E-state index in [9.17, 15) is 46.8 Å². The van der Waals surface area contributed by atoms with Gasteiger partial charge >= 0.3 is 11.9 Å². The van der Waals surface area contributed by atoms with E-state index in [1.807, 2.05) is 6.92 Å². The number of unbranched alkanes of at least 4 members (excludes halogenated alkanes) is 7. The predicted molar refractivity (Wildman–Crippen MR) is 258 cm³/mol. The molecule has 2 unspecified atom stereocenters. The molecule has 21 nitrogen and oxygen atoms in total. The first kappa shape index (κ1) is 59.1. The van der Waals surface area contributed by atoms with Crippen molar-refractivity contribution in [1.29, 1.82) is 5.41 Å². The number of nitrogens with one attached hydrogen (secondary N) is 4. The van der Waals surface area contributed by atoms with Crippen molar-refractivity contribution in [2.75, 3.05) is 32.1 Å². The molecule has 0 aliphatic rings. The third kappa shape index (κ3) is 30.9. The molecule has 12 N–H and O–H groups in total. The summed E-state index contributed by atoms with van der Waals surface area (Å²) < 4.78 is 64.7. The van der Waals surface area contributed by atoms with Gasteiger partial charge in [0.25, 0.3) is 0 Å². The van der Waals surface area contributed by atoms with Gasteiger partial charge in [-0.25, -0.2) is 36.4 Å². The van der Waals surface area contributed by atoms with Crippen LogP contribution < -0.4 is 41.5 Å². The number of carboxylic acids is 2. The molecule has 3 rings (SSSR count). The van der Waals surface area contributed by atoms with Crippen LogP contribution >= 0.6 is 0 Å². The van der Waals surface area contributed by atoms with Gasteiger partial charge in [-0.1, -0.05) is 92.6 Å². The van der Waals surface area contributed by atoms with Gasteiger partial charge in [-0.2, -0.15) is 0 Å². The third-order valence-electron chi connectivity index (χ3n) is 9.17. The Morgan fingerprint density at radius 3 is 1.58 bits per heavy atom. The number of ether oxygens (including phenoxy) is 2. The number of sulfonamides is 2. The van der Waals surface area contributed by atoms with E-state index in [1.54, 1.807) is 84.3 Å². The van der Waals surface area contributed by atoms with Crippen LogP contribution in [-0.2, 0) is 48.2 Å². The zero-order valence-corrected chi connectivity index (χ0v) is 39.9. The van der Waals surface area contributed by atoms with E-state index in [0.717, 1.165) is 57.8 Å². The van der Waals surface area contributed by atoms with E-state index >= 15 is 0 Å². The Balaban J connectivity index is 0.000000586. The summed E-state index contributed by atoms with van der Waals surface area (Å²) in [6.07, 6.45) is 9.32. The summed E-state index contributed by atoms with van der Waals surface area (Å²) in [5, 5.41) is 33.9. The molecule has 0 radical (unpaired) electrons. The molecule has 0 amide bonds. The highest BCUT2D eigenvalue weighted by atomic mass is 32.2. The second-order valence-corrected chi connectivity index (χ2v) is 18.9. The van der Waals surface area contributed by atoms with Crippen molar-refractivity contribution in [1.82, 2.24) is 14.9 Å². The van der Waals surface area contributed by atoms with Gasteiger partial charge in [0.15, 0.2) is 16.8 Å². The summed E-state index contributed by atoms with van der Waals surface area (Å²) in [5.41, 5.74) is 19.6. The molecule has 0 aliphatic heterocycles. The summed E-state index contributed by atoms with van der Waals surface area (Å²) in [5.74, 6) is -1.41. The Hall–Kier alpha value is -5.88. The highest BCUT2D eigenvalue weighted by Crippen LogP contribution is 2.17. The minimum Gasteiger partial charge on any atom is -0.494 e. The van der Waals surface area contributed by atoms with Crippen LogP contribution in [-0.4, -0.2) is 100.0 Å². The molecular formula is C44H69N9O12S2. The van der Waals surface area contributed by atoms with Crippen LogP contribution in [0.1, 0.15) is 94.7 Å². The van der Waals surface area contributed by atoms with Gasteiger partial charge in [0.2, 0.25) is 20.0 Å². The molecule has 3 aromatic rings. The molecule has 374 valence electrons. The predicted octanol–water partition coefficient (Wildman–Crippen LogP) is 4.08. The number of carboxylic acid groups (broad SMARTS) is 2. The Kier molecular flexibility index (Phi) is 29.6. The number of amidine groups is 1. The number of hydrazine groups is 1. The minimum absolute atomic E-state index is 0.0444. The number of guanidine groups is 1. The number of aliphatic imine (C=N–C) groups is 1. The molecular weight excluding hydrogens is 911 g/mol. The minimum atomic E-state index is -3.79. The van der Waals surface area contributed by atoms with Crippen LogP contribution in [0.5, 0.6) is 11.5 Å². The van der Waals surface area contributed by atoms with Gasteiger partial charge < -0.3 is 36.9 Å². The Bertz CT molecular complexity index is 2130. The average molecular weight is 980 g/mol. The van der Waals surface area contributed by atoms with E-state index in [-0.39, 0.29) is 36.1 Å². The Morgan fingerprint density at radius 1 is 0.716 bits per heavy atom. The SMILES string of the molecule is CC(=N)N[N+](=O)[O-].CCCCS(=O)(=O)NC(Cc1ccc(OCCCCCCN=C(N)N)cc1)C(=O)O.NCCCCCCOc1ccc(CC(NS(=O)(=O)Cc2ccccc2)C(=O)O)cc1. The van der Waals surface area contributed by atoms with E-state index in [0.29, 0.717) is 60.9 Å². The average Bonchev–Trinajstić information content (AvgIpc) is 3.25. The zero-order valence-electron chi connectivity index (χ0n) is 38.3. The van der Waals surface area contributed by atoms with Crippen molar-refractivity contribution in [2.24, 2.45) is 22.2 Å². The first-order chi connectivity index (χ1) is 31.8. The monoisotopic (exact) mass is 979 g/mol. The summed E-state index contributed by atoms with van der Waals surface area (Å²) >= 11 is 0. The van der Waals surface area contributed by atoms with Crippen molar-refractivity contribution < 1.29 is 51.1 Å².